The average Bonchev–Trinajstić information content (AvgIpc) is 3.85. The first kappa shape index (κ1) is 32.2. The predicted molar refractivity (Wildman–Crippen MR) is 224 cm³/mol. The van der Waals surface area contributed by atoms with Crippen LogP contribution in [0.4, 0.5) is 0 Å². The van der Waals surface area contributed by atoms with Gasteiger partial charge >= 0.3 is 0 Å². The molecule has 1 nitrogen and oxygen atoms in total. The molecule has 0 heterocycles. The largest absolute Gasteiger partial charge is 0.383 e. The Bertz CT molecular complexity index is 2400. The van der Waals surface area contributed by atoms with Gasteiger partial charge in [-0.1, -0.05) is 170 Å². The van der Waals surface area contributed by atoms with Gasteiger partial charge in [-0.15, -0.1) is 0 Å². The van der Waals surface area contributed by atoms with Crippen molar-refractivity contribution in [2.24, 2.45) is 0 Å². The molecule has 0 saturated carbocycles. The van der Waals surface area contributed by atoms with Crippen LogP contribution in [0.15, 0.2) is 217 Å². The van der Waals surface area contributed by atoms with Crippen LogP contribution in [-0.4, -0.2) is 19.0 Å². The Kier molecular flexibility index (Phi) is 8.38. The average molecular weight is 678 g/mol. The van der Waals surface area contributed by atoms with Crippen LogP contribution < -0.4 is 0 Å². The molecule has 0 amide bonds. The number of nitrogens with zero attached hydrogens (tertiary/aromatic N) is 1. The fourth-order valence-electron chi connectivity index (χ4n) is 8.10. The Labute approximate surface area is 312 Å². The minimum absolute atomic E-state index is 1.17. The van der Waals surface area contributed by atoms with E-state index in [1.54, 1.807) is 0 Å². The van der Waals surface area contributed by atoms with E-state index < -0.39 is 0 Å². The van der Waals surface area contributed by atoms with Crippen LogP contribution in [0.25, 0.3) is 33.4 Å². The summed E-state index contributed by atoms with van der Waals surface area (Å²) in [6, 6.07) is 61.2. The van der Waals surface area contributed by atoms with E-state index >= 15 is 0 Å². The third-order valence-corrected chi connectivity index (χ3v) is 10.2. The van der Waals surface area contributed by atoms with Crippen molar-refractivity contribution in [3.63, 3.8) is 0 Å². The van der Waals surface area contributed by atoms with E-state index in [2.05, 4.69) is 219 Å². The lowest BCUT2D eigenvalue weighted by molar-refractivity contribution is 0.561. The van der Waals surface area contributed by atoms with Crippen LogP contribution in [0.5, 0.6) is 0 Å². The smallest absolute Gasteiger partial charge is 0.00591 e. The lowest BCUT2D eigenvalue weighted by atomic mass is 9.90. The molecule has 0 spiro atoms. The molecule has 0 aliphatic heterocycles. The monoisotopic (exact) mass is 677 g/mol. The van der Waals surface area contributed by atoms with E-state index in [1.165, 1.54) is 94.7 Å². The molecule has 0 saturated heterocycles. The van der Waals surface area contributed by atoms with Crippen LogP contribution in [0.2, 0.25) is 0 Å². The summed E-state index contributed by atoms with van der Waals surface area (Å²) >= 11 is 0. The van der Waals surface area contributed by atoms with Crippen molar-refractivity contribution in [2.75, 3.05) is 14.1 Å². The van der Waals surface area contributed by atoms with Gasteiger partial charge in [0.05, 0.1) is 0 Å². The van der Waals surface area contributed by atoms with Crippen molar-refractivity contribution < 1.29 is 0 Å². The highest BCUT2D eigenvalue weighted by Crippen LogP contribution is 2.52. The fraction of sp³-hybridized carbons (Fsp3) is 0.0385. The Morgan fingerprint density at radius 1 is 0.340 bits per heavy atom. The highest BCUT2D eigenvalue weighted by Gasteiger charge is 2.31. The second-order valence-corrected chi connectivity index (χ2v) is 14.0. The normalized spacial score (nSPS) is 16.2. The van der Waals surface area contributed by atoms with E-state index in [0.29, 0.717) is 0 Å². The van der Waals surface area contributed by atoms with Crippen molar-refractivity contribution in [3.8, 4) is 0 Å². The molecule has 6 aromatic rings. The molecule has 0 atom stereocenters. The molecule has 0 bridgehead atoms. The number of hydrogen-bond donors (Lipinski definition) is 0. The van der Waals surface area contributed by atoms with E-state index in [-0.39, 0.29) is 0 Å². The molecule has 0 N–H and O–H groups in total. The van der Waals surface area contributed by atoms with Crippen molar-refractivity contribution in [1.82, 2.24) is 4.90 Å². The lowest BCUT2D eigenvalue weighted by Crippen LogP contribution is -2.01. The third kappa shape index (κ3) is 5.97. The first-order chi connectivity index (χ1) is 26.1. The van der Waals surface area contributed by atoms with Crippen LogP contribution in [0, 0.1) is 0 Å². The summed E-state index contributed by atoms with van der Waals surface area (Å²) < 4.78 is 0. The molecule has 53 heavy (non-hydrogen) atoms. The van der Waals surface area contributed by atoms with Gasteiger partial charge in [-0.05, 0) is 119 Å². The molecular formula is C52H39N. The summed E-state index contributed by atoms with van der Waals surface area (Å²) in [5.41, 5.74) is 21.0. The van der Waals surface area contributed by atoms with Gasteiger partial charge in [-0.25, -0.2) is 0 Å². The number of fused-ring (bicyclic) bond motifs is 2. The molecule has 9 rings (SSSR count). The van der Waals surface area contributed by atoms with Crippen molar-refractivity contribution in [2.45, 2.75) is 0 Å². The Hall–Kier alpha value is -6.70. The Morgan fingerprint density at radius 3 is 0.981 bits per heavy atom. The van der Waals surface area contributed by atoms with E-state index in [4.69, 9.17) is 0 Å². The summed E-state index contributed by atoms with van der Waals surface area (Å²) in [4.78, 5) is 2.13. The maximum atomic E-state index is 2.43. The lowest BCUT2D eigenvalue weighted by Gasteiger charge is -2.13. The molecule has 0 fully saturated rings. The molecule has 0 radical (unpaired) electrons. The maximum Gasteiger partial charge on any atom is 0.00591 e. The highest BCUT2D eigenvalue weighted by atomic mass is 15.0. The van der Waals surface area contributed by atoms with Crippen molar-refractivity contribution >= 4 is 33.4 Å². The second-order valence-electron chi connectivity index (χ2n) is 14.0. The van der Waals surface area contributed by atoms with Gasteiger partial charge in [0, 0.05) is 20.3 Å². The molecule has 3 aliphatic rings. The van der Waals surface area contributed by atoms with Crippen molar-refractivity contribution in [3.05, 3.63) is 262 Å². The first-order valence-electron chi connectivity index (χ1n) is 18.3. The van der Waals surface area contributed by atoms with Gasteiger partial charge in [-0.2, -0.15) is 0 Å². The van der Waals surface area contributed by atoms with Gasteiger partial charge in [0.25, 0.3) is 0 Å². The van der Waals surface area contributed by atoms with E-state index in [0.717, 1.165) is 0 Å². The van der Waals surface area contributed by atoms with Crippen LogP contribution >= 0.6 is 0 Å². The number of allylic oxidation sites excluding steroid dienone is 11. The topological polar surface area (TPSA) is 3.24 Å². The summed E-state index contributed by atoms with van der Waals surface area (Å²) in [6.45, 7) is 0. The first-order valence-corrected chi connectivity index (χ1v) is 18.3. The summed E-state index contributed by atoms with van der Waals surface area (Å²) in [6.07, 6.45) is 11.8. The number of benzene rings is 6. The molecular weight excluding hydrogens is 639 g/mol. The van der Waals surface area contributed by atoms with Crippen LogP contribution in [0.3, 0.4) is 0 Å². The van der Waals surface area contributed by atoms with Gasteiger partial charge in [0.1, 0.15) is 0 Å². The summed E-state index contributed by atoms with van der Waals surface area (Å²) in [5, 5.41) is 0. The SMILES string of the molecule is CN(C)C=C1C=C(/C=C2\C(c3ccccc3)=C(c3ccccc3)c3ccccc32)C(/C=C2\C(c3ccccc3)=C(c3ccccc3)c3ccccc32)=C1. The molecule has 1 heteroatoms. The van der Waals surface area contributed by atoms with Gasteiger partial charge in [0.15, 0.2) is 0 Å². The Morgan fingerprint density at radius 2 is 0.642 bits per heavy atom. The third-order valence-electron chi connectivity index (χ3n) is 10.2. The number of rotatable bonds is 7. The quantitative estimate of drug-likeness (QED) is 0.163. The minimum Gasteiger partial charge on any atom is -0.383 e. The molecule has 3 aliphatic carbocycles. The van der Waals surface area contributed by atoms with Crippen molar-refractivity contribution in [1.29, 1.82) is 0 Å². The molecule has 0 unspecified atom stereocenters. The van der Waals surface area contributed by atoms with E-state index in [9.17, 15) is 0 Å². The zero-order valence-electron chi connectivity index (χ0n) is 30.0. The molecule has 252 valence electrons. The maximum absolute atomic E-state index is 2.43. The summed E-state index contributed by atoms with van der Waals surface area (Å²) in [5.74, 6) is 0. The molecule has 0 aromatic heterocycles. The molecule has 6 aromatic carbocycles. The predicted octanol–water partition coefficient (Wildman–Crippen LogP) is 12.4. The van der Waals surface area contributed by atoms with Crippen LogP contribution in [0.1, 0.15) is 44.5 Å². The van der Waals surface area contributed by atoms with Gasteiger partial charge in [-0.3, -0.25) is 0 Å². The number of hydrogen-bond acceptors (Lipinski definition) is 1. The summed E-state index contributed by atoms with van der Waals surface area (Å²) in [7, 11) is 4.18. The highest BCUT2D eigenvalue weighted by molar-refractivity contribution is 6.26. The van der Waals surface area contributed by atoms with E-state index in [1.807, 2.05) is 0 Å². The fourth-order valence-corrected chi connectivity index (χ4v) is 8.10. The van der Waals surface area contributed by atoms with Gasteiger partial charge < -0.3 is 4.90 Å². The standard InChI is InChI=1S/C52H39N/c1-53(2)35-36-31-41(33-47-43-27-15-17-29-45(43)49(37-19-7-3-8-20-37)51(47)39-23-11-5-12-24-39)42(32-36)34-48-44-28-16-18-30-46(44)50(38-21-9-4-10-22-38)52(48)40-25-13-6-14-26-40/h3-35H,1-2H3/b47-33-,48-34-. The second kappa shape index (κ2) is 13.8. The zero-order chi connectivity index (χ0) is 35.7. The Balaban J connectivity index is 1.29. The minimum atomic E-state index is 1.17. The van der Waals surface area contributed by atoms with Crippen LogP contribution in [-0.2, 0) is 0 Å². The van der Waals surface area contributed by atoms with Gasteiger partial charge in [0.2, 0.25) is 0 Å². The zero-order valence-corrected chi connectivity index (χ0v) is 30.0.